The normalized spacial score (nSPS) is 16.0. The smallest absolute Gasteiger partial charge is 0.335 e. The molecule has 0 saturated carbocycles. The summed E-state index contributed by atoms with van der Waals surface area (Å²) >= 11 is 11.8. The van der Waals surface area contributed by atoms with Gasteiger partial charge in [0.2, 0.25) is 0 Å². The molecule has 0 bridgehead atoms. The number of carbonyl (C=O) groups is 3. The molecule has 1 fully saturated rings. The summed E-state index contributed by atoms with van der Waals surface area (Å²) in [6.45, 7) is 0. The van der Waals surface area contributed by atoms with Crippen LogP contribution < -0.4 is 15.0 Å². The Kier molecular flexibility index (Phi) is 4.97. The number of anilines is 1. The van der Waals surface area contributed by atoms with Crippen LogP contribution in [0.25, 0.3) is 6.08 Å². The van der Waals surface area contributed by atoms with Crippen molar-refractivity contribution in [3.63, 3.8) is 0 Å². The molecule has 0 atom stereocenters. The number of halogens is 2. The van der Waals surface area contributed by atoms with Crippen molar-refractivity contribution in [2.24, 2.45) is 0 Å². The number of amides is 4. The molecule has 1 aliphatic rings. The largest absolute Gasteiger partial charge is 0.497 e. The first-order valence-corrected chi connectivity index (χ1v) is 8.17. The summed E-state index contributed by atoms with van der Waals surface area (Å²) in [5.74, 6) is -0.973. The van der Waals surface area contributed by atoms with Gasteiger partial charge in [-0.3, -0.25) is 14.9 Å². The zero-order valence-electron chi connectivity index (χ0n) is 13.5. The SMILES string of the molecule is COc1cccc(C=C2C(=O)NC(=O)N(c3ccc(Cl)c(Cl)c3)C2=O)c1. The van der Waals surface area contributed by atoms with Gasteiger partial charge in [-0.15, -0.1) is 0 Å². The first-order chi connectivity index (χ1) is 12.4. The van der Waals surface area contributed by atoms with Gasteiger partial charge in [-0.1, -0.05) is 35.3 Å². The molecule has 2 aromatic carbocycles. The molecule has 1 heterocycles. The number of urea groups is 1. The fourth-order valence-corrected chi connectivity index (χ4v) is 2.71. The van der Waals surface area contributed by atoms with Crippen LogP contribution in [0.15, 0.2) is 48.0 Å². The lowest BCUT2D eigenvalue weighted by Crippen LogP contribution is -2.54. The van der Waals surface area contributed by atoms with Gasteiger partial charge in [0.15, 0.2) is 0 Å². The number of imide groups is 2. The number of methoxy groups -OCH3 is 1. The van der Waals surface area contributed by atoms with Gasteiger partial charge in [-0.2, -0.15) is 0 Å². The number of hydrogen-bond donors (Lipinski definition) is 1. The maximum Gasteiger partial charge on any atom is 0.335 e. The summed E-state index contributed by atoms with van der Waals surface area (Å²) in [7, 11) is 1.51. The highest BCUT2D eigenvalue weighted by Crippen LogP contribution is 2.29. The van der Waals surface area contributed by atoms with Crippen LogP contribution in [-0.2, 0) is 9.59 Å². The number of rotatable bonds is 3. The van der Waals surface area contributed by atoms with Gasteiger partial charge >= 0.3 is 6.03 Å². The van der Waals surface area contributed by atoms with E-state index in [0.717, 1.165) is 4.90 Å². The Morgan fingerprint density at radius 3 is 2.50 bits per heavy atom. The van der Waals surface area contributed by atoms with E-state index in [-0.39, 0.29) is 21.3 Å². The standard InChI is InChI=1S/C18H12Cl2N2O4/c1-26-12-4-2-3-10(7-12)8-13-16(23)21-18(25)22(17(13)24)11-5-6-14(19)15(20)9-11/h2-9H,1H3,(H,21,23,25). The molecule has 1 aliphatic heterocycles. The van der Waals surface area contributed by atoms with E-state index in [1.165, 1.54) is 31.4 Å². The fourth-order valence-electron chi connectivity index (χ4n) is 2.41. The van der Waals surface area contributed by atoms with Crippen LogP contribution in [0.2, 0.25) is 10.0 Å². The molecule has 6 nitrogen and oxygen atoms in total. The summed E-state index contributed by atoms with van der Waals surface area (Å²) in [5, 5.41) is 2.60. The Balaban J connectivity index is 2.02. The van der Waals surface area contributed by atoms with Crippen molar-refractivity contribution >= 4 is 52.8 Å². The molecule has 26 heavy (non-hydrogen) atoms. The summed E-state index contributed by atoms with van der Waals surface area (Å²) < 4.78 is 5.12. The number of hydrogen-bond acceptors (Lipinski definition) is 4. The number of carbonyl (C=O) groups excluding carboxylic acids is 3. The highest BCUT2D eigenvalue weighted by atomic mass is 35.5. The average Bonchev–Trinajstić information content (AvgIpc) is 2.61. The second kappa shape index (κ2) is 7.19. The minimum absolute atomic E-state index is 0.181. The lowest BCUT2D eigenvalue weighted by atomic mass is 10.1. The molecule has 0 aromatic heterocycles. The first kappa shape index (κ1) is 18.0. The summed E-state index contributed by atoms with van der Waals surface area (Å²) in [6, 6.07) is 10.3. The predicted octanol–water partition coefficient (Wildman–Crippen LogP) is 3.67. The monoisotopic (exact) mass is 390 g/mol. The summed E-state index contributed by atoms with van der Waals surface area (Å²) in [6.07, 6.45) is 1.39. The van der Waals surface area contributed by atoms with Crippen LogP contribution in [0, 0.1) is 0 Å². The molecule has 1 saturated heterocycles. The van der Waals surface area contributed by atoms with Gasteiger partial charge in [-0.25, -0.2) is 9.69 Å². The van der Waals surface area contributed by atoms with Crippen molar-refractivity contribution in [2.45, 2.75) is 0 Å². The lowest BCUT2D eigenvalue weighted by molar-refractivity contribution is -0.122. The molecule has 0 unspecified atom stereocenters. The molecule has 3 rings (SSSR count). The quantitative estimate of drug-likeness (QED) is 0.640. The van der Waals surface area contributed by atoms with E-state index in [0.29, 0.717) is 11.3 Å². The fraction of sp³-hybridized carbons (Fsp3) is 0.0556. The van der Waals surface area contributed by atoms with Crippen LogP contribution in [0.4, 0.5) is 10.5 Å². The molecule has 0 aliphatic carbocycles. The van der Waals surface area contributed by atoms with Crippen molar-refractivity contribution in [2.75, 3.05) is 12.0 Å². The maximum atomic E-state index is 12.8. The Labute approximate surface area is 158 Å². The van der Waals surface area contributed by atoms with E-state index in [2.05, 4.69) is 5.32 Å². The van der Waals surface area contributed by atoms with Gasteiger partial charge in [0.1, 0.15) is 11.3 Å². The highest BCUT2D eigenvalue weighted by Gasteiger charge is 2.37. The van der Waals surface area contributed by atoms with Crippen molar-refractivity contribution in [3.05, 3.63) is 63.6 Å². The zero-order chi connectivity index (χ0) is 18.8. The summed E-state index contributed by atoms with van der Waals surface area (Å²) in [4.78, 5) is 37.9. The minimum Gasteiger partial charge on any atom is -0.497 e. The minimum atomic E-state index is -0.860. The zero-order valence-corrected chi connectivity index (χ0v) is 15.0. The van der Waals surface area contributed by atoms with Crippen molar-refractivity contribution in [1.29, 1.82) is 0 Å². The van der Waals surface area contributed by atoms with Crippen LogP contribution in [0.1, 0.15) is 5.56 Å². The molecule has 132 valence electrons. The number of ether oxygens (including phenoxy) is 1. The van der Waals surface area contributed by atoms with Gasteiger partial charge in [-0.05, 0) is 42.0 Å². The van der Waals surface area contributed by atoms with Gasteiger partial charge < -0.3 is 4.74 Å². The summed E-state index contributed by atoms with van der Waals surface area (Å²) in [5.41, 5.74) is 0.584. The Hall–Kier alpha value is -2.83. The van der Waals surface area contributed by atoms with Crippen molar-refractivity contribution < 1.29 is 19.1 Å². The molecule has 1 N–H and O–H groups in total. The molecule has 8 heteroatoms. The van der Waals surface area contributed by atoms with Crippen LogP contribution in [0.3, 0.4) is 0 Å². The molecule has 4 amide bonds. The number of nitrogens with one attached hydrogen (secondary N) is 1. The Bertz CT molecular complexity index is 956. The van der Waals surface area contributed by atoms with E-state index < -0.39 is 17.8 Å². The third-order valence-electron chi connectivity index (χ3n) is 3.67. The second-order valence-corrected chi connectivity index (χ2v) is 6.15. The Morgan fingerprint density at radius 1 is 1.04 bits per heavy atom. The maximum absolute atomic E-state index is 12.8. The lowest BCUT2D eigenvalue weighted by Gasteiger charge is -2.26. The first-order valence-electron chi connectivity index (χ1n) is 7.41. The van der Waals surface area contributed by atoms with Crippen LogP contribution in [0.5, 0.6) is 5.75 Å². The molecular weight excluding hydrogens is 379 g/mol. The van der Waals surface area contributed by atoms with Crippen LogP contribution in [-0.4, -0.2) is 25.0 Å². The topological polar surface area (TPSA) is 75.7 Å². The molecule has 0 radical (unpaired) electrons. The predicted molar refractivity (Wildman–Crippen MR) is 98.5 cm³/mol. The van der Waals surface area contributed by atoms with Gasteiger partial charge in [0.25, 0.3) is 11.8 Å². The van der Waals surface area contributed by atoms with E-state index in [9.17, 15) is 14.4 Å². The average molecular weight is 391 g/mol. The number of barbiturate groups is 1. The van der Waals surface area contributed by atoms with E-state index in [1.54, 1.807) is 24.3 Å². The number of benzene rings is 2. The number of nitrogens with zero attached hydrogens (tertiary/aromatic N) is 1. The highest BCUT2D eigenvalue weighted by molar-refractivity contribution is 6.43. The van der Waals surface area contributed by atoms with Crippen molar-refractivity contribution in [3.8, 4) is 5.75 Å². The molecule has 0 spiro atoms. The van der Waals surface area contributed by atoms with Gasteiger partial charge in [0.05, 0.1) is 22.8 Å². The van der Waals surface area contributed by atoms with Gasteiger partial charge in [0, 0.05) is 0 Å². The Morgan fingerprint density at radius 2 is 1.81 bits per heavy atom. The van der Waals surface area contributed by atoms with E-state index in [1.807, 2.05) is 0 Å². The third kappa shape index (κ3) is 3.42. The second-order valence-electron chi connectivity index (χ2n) is 5.33. The molecular formula is C18H12Cl2N2O4. The van der Waals surface area contributed by atoms with Crippen LogP contribution >= 0.6 is 23.2 Å². The van der Waals surface area contributed by atoms with E-state index in [4.69, 9.17) is 27.9 Å². The third-order valence-corrected chi connectivity index (χ3v) is 4.41. The van der Waals surface area contributed by atoms with E-state index >= 15 is 0 Å². The molecule has 2 aromatic rings. The van der Waals surface area contributed by atoms with Crippen molar-refractivity contribution in [1.82, 2.24) is 5.32 Å².